The number of hydrogen-bond acceptors (Lipinski definition) is 6. The van der Waals surface area contributed by atoms with Crippen LogP contribution in [0.4, 0.5) is 19.1 Å². The van der Waals surface area contributed by atoms with Crippen LogP contribution < -0.4 is 10.9 Å². The summed E-state index contributed by atoms with van der Waals surface area (Å²) in [5.41, 5.74) is 4.35. The Labute approximate surface area is 195 Å². The Kier molecular flexibility index (Phi) is 8.80. The highest BCUT2D eigenvalue weighted by molar-refractivity contribution is 5.84. The molecule has 1 saturated carbocycles. The summed E-state index contributed by atoms with van der Waals surface area (Å²) >= 11 is 0. The largest absolute Gasteiger partial charge is 0.433 e. The van der Waals surface area contributed by atoms with Gasteiger partial charge in [-0.3, -0.25) is 25.3 Å². The number of amides is 2. The summed E-state index contributed by atoms with van der Waals surface area (Å²) in [5, 5.41) is 0.994. The molecule has 0 spiro atoms. The van der Waals surface area contributed by atoms with Gasteiger partial charge in [0.25, 0.3) is 5.91 Å². The van der Waals surface area contributed by atoms with E-state index in [0.29, 0.717) is 12.3 Å². The topological polar surface area (TPSA) is 96.5 Å². The van der Waals surface area contributed by atoms with Crippen molar-refractivity contribution in [2.24, 2.45) is 11.8 Å². The van der Waals surface area contributed by atoms with E-state index < -0.39 is 29.8 Å². The molecule has 1 aromatic heterocycles. The van der Waals surface area contributed by atoms with Crippen molar-refractivity contribution in [3.05, 3.63) is 53.9 Å². The third-order valence-corrected chi connectivity index (χ3v) is 6.03. The smallest absolute Gasteiger partial charge is 0.276 e. The molecule has 1 heterocycles. The first-order chi connectivity index (χ1) is 16.3. The number of nitrogens with zero attached hydrogens (tertiary/aromatic N) is 3. The summed E-state index contributed by atoms with van der Waals surface area (Å²) in [6.45, 7) is 2.20. The van der Waals surface area contributed by atoms with Gasteiger partial charge in [0.15, 0.2) is 0 Å². The van der Waals surface area contributed by atoms with E-state index in [1.807, 2.05) is 30.3 Å². The highest BCUT2D eigenvalue weighted by Gasteiger charge is 2.37. The first-order valence-electron chi connectivity index (χ1n) is 11.2. The van der Waals surface area contributed by atoms with Gasteiger partial charge in [0.05, 0.1) is 0 Å². The minimum atomic E-state index is -4.65. The molecule has 0 radical (unpaired) electrons. The van der Waals surface area contributed by atoms with Crippen LogP contribution in [0.3, 0.4) is 0 Å². The van der Waals surface area contributed by atoms with E-state index in [1.54, 1.807) is 0 Å². The van der Waals surface area contributed by atoms with Crippen molar-refractivity contribution in [3.63, 3.8) is 0 Å². The Bertz CT molecular complexity index is 937. The summed E-state index contributed by atoms with van der Waals surface area (Å²) in [7, 11) is 0. The molecule has 34 heavy (non-hydrogen) atoms. The van der Waals surface area contributed by atoms with Crippen LogP contribution in [-0.4, -0.2) is 33.4 Å². The van der Waals surface area contributed by atoms with E-state index in [4.69, 9.17) is 4.84 Å². The van der Waals surface area contributed by atoms with Crippen molar-refractivity contribution < 1.29 is 27.6 Å². The maximum atomic E-state index is 13.1. The highest BCUT2D eigenvalue weighted by atomic mass is 19.4. The number of benzene rings is 1. The van der Waals surface area contributed by atoms with E-state index >= 15 is 0 Å². The number of hydrogen-bond donors (Lipinski definition) is 2. The minimum Gasteiger partial charge on any atom is -0.276 e. The van der Waals surface area contributed by atoms with Crippen molar-refractivity contribution in [1.82, 2.24) is 20.5 Å². The van der Waals surface area contributed by atoms with Crippen LogP contribution in [0.5, 0.6) is 0 Å². The molecule has 1 aliphatic carbocycles. The number of alkyl halides is 3. The summed E-state index contributed by atoms with van der Waals surface area (Å²) in [6.07, 6.45) is 1.06. The fourth-order valence-corrected chi connectivity index (χ4v) is 4.12. The Hall–Kier alpha value is -3.21. The molecule has 2 aromatic rings. The zero-order chi connectivity index (χ0) is 24.6. The van der Waals surface area contributed by atoms with Crippen molar-refractivity contribution in [1.29, 1.82) is 0 Å². The molecule has 0 aliphatic heterocycles. The molecule has 3 rings (SSSR count). The number of aromatic nitrogens is 2. The zero-order valence-electron chi connectivity index (χ0n) is 18.8. The Morgan fingerprint density at radius 2 is 1.91 bits per heavy atom. The fraction of sp³-hybridized carbons (Fsp3) is 0.478. The minimum absolute atomic E-state index is 0.0812. The maximum absolute atomic E-state index is 13.1. The van der Waals surface area contributed by atoms with Gasteiger partial charge in [0.1, 0.15) is 18.3 Å². The lowest BCUT2D eigenvalue weighted by atomic mass is 9.77. The predicted octanol–water partition coefficient (Wildman–Crippen LogP) is 4.11. The average molecular weight is 480 g/mol. The van der Waals surface area contributed by atoms with E-state index in [0.717, 1.165) is 55.0 Å². The molecule has 2 N–H and O–H groups in total. The van der Waals surface area contributed by atoms with Gasteiger partial charge in [0, 0.05) is 6.20 Å². The zero-order valence-corrected chi connectivity index (χ0v) is 18.8. The fourth-order valence-electron chi connectivity index (χ4n) is 4.12. The number of halogens is 3. The Morgan fingerprint density at radius 3 is 2.53 bits per heavy atom. The normalized spacial score (nSPS) is 19.2. The van der Waals surface area contributed by atoms with Crippen molar-refractivity contribution in [3.8, 4) is 0 Å². The predicted molar refractivity (Wildman–Crippen MR) is 117 cm³/mol. The third-order valence-electron chi connectivity index (χ3n) is 6.03. The third kappa shape index (κ3) is 6.89. The van der Waals surface area contributed by atoms with Gasteiger partial charge in [-0.2, -0.15) is 13.2 Å². The van der Waals surface area contributed by atoms with Gasteiger partial charge in [0.2, 0.25) is 12.4 Å². The number of nitrogens with one attached hydrogen (secondary N) is 2. The number of hydroxylamine groups is 2. The summed E-state index contributed by atoms with van der Waals surface area (Å²) in [6, 6.07) is 8.93. The summed E-state index contributed by atoms with van der Waals surface area (Å²) in [5.74, 6) is -0.653. The molecule has 1 atom stereocenters. The lowest BCUT2D eigenvalue weighted by Crippen LogP contribution is -2.52. The second kappa shape index (κ2) is 11.8. The molecular formula is C23H28F3N5O3. The van der Waals surface area contributed by atoms with Crippen molar-refractivity contribution in [2.45, 2.75) is 57.9 Å². The van der Waals surface area contributed by atoms with Gasteiger partial charge in [-0.15, -0.1) is 0 Å². The van der Waals surface area contributed by atoms with E-state index in [9.17, 15) is 22.8 Å². The van der Waals surface area contributed by atoms with Gasteiger partial charge in [-0.25, -0.2) is 15.0 Å². The molecule has 1 aromatic carbocycles. The molecule has 2 amide bonds. The second-order valence-electron chi connectivity index (χ2n) is 8.24. The molecule has 1 fully saturated rings. The molecular weight excluding hydrogens is 451 g/mol. The molecule has 0 bridgehead atoms. The Morgan fingerprint density at radius 1 is 1.21 bits per heavy atom. The van der Waals surface area contributed by atoms with Gasteiger partial charge < -0.3 is 0 Å². The van der Waals surface area contributed by atoms with E-state index in [1.165, 1.54) is 0 Å². The SMILES string of the molecule is CCC1CCC(C(C(=O)NNc2nccc(C(F)(F)F)n2)N(C=O)OCc2ccccc2)CC1. The average Bonchev–Trinajstić information content (AvgIpc) is 2.85. The lowest BCUT2D eigenvalue weighted by Gasteiger charge is -2.36. The monoisotopic (exact) mass is 479 g/mol. The molecule has 1 aliphatic rings. The van der Waals surface area contributed by atoms with Crippen LogP contribution in [0.1, 0.15) is 50.3 Å². The summed E-state index contributed by atoms with van der Waals surface area (Å²) in [4.78, 5) is 37.8. The summed E-state index contributed by atoms with van der Waals surface area (Å²) < 4.78 is 38.7. The molecule has 184 valence electrons. The van der Waals surface area contributed by atoms with Crippen LogP contribution in [-0.2, 0) is 27.2 Å². The maximum Gasteiger partial charge on any atom is 0.433 e. The number of anilines is 1. The van der Waals surface area contributed by atoms with Crippen molar-refractivity contribution in [2.75, 3.05) is 5.43 Å². The van der Waals surface area contributed by atoms with Crippen LogP contribution in [0.25, 0.3) is 0 Å². The first kappa shape index (κ1) is 25.4. The molecule has 1 unspecified atom stereocenters. The van der Waals surface area contributed by atoms with Gasteiger partial charge >= 0.3 is 6.18 Å². The molecule has 11 heteroatoms. The molecule has 8 nitrogen and oxygen atoms in total. The number of hydrazine groups is 1. The van der Waals surface area contributed by atoms with E-state index in [2.05, 4.69) is 27.7 Å². The second-order valence-corrected chi connectivity index (χ2v) is 8.24. The van der Waals surface area contributed by atoms with Gasteiger partial charge in [-0.1, -0.05) is 56.5 Å². The van der Waals surface area contributed by atoms with Crippen LogP contribution >= 0.6 is 0 Å². The van der Waals surface area contributed by atoms with Crippen LogP contribution in [0, 0.1) is 11.8 Å². The Balaban J connectivity index is 1.72. The van der Waals surface area contributed by atoms with Crippen LogP contribution in [0.2, 0.25) is 0 Å². The quantitative estimate of drug-likeness (QED) is 0.393. The number of carbonyl (C=O) groups is 2. The standard InChI is InChI=1S/C23H28F3N5O3/c1-2-16-8-10-18(11-9-16)20(31(15-32)34-14-17-6-4-3-5-7-17)21(33)29-30-22-27-13-12-19(28-22)23(24,25)26/h3-7,12-13,15-16,18,20H,2,8-11,14H2,1H3,(H,29,33)(H,27,28,30). The van der Waals surface area contributed by atoms with Crippen molar-refractivity contribution >= 4 is 18.3 Å². The van der Waals surface area contributed by atoms with E-state index in [-0.39, 0.29) is 12.5 Å². The highest BCUT2D eigenvalue weighted by Crippen LogP contribution is 2.34. The number of rotatable bonds is 10. The number of carbonyl (C=O) groups excluding carboxylic acids is 2. The molecule has 0 saturated heterocycles. The van der Waals surface area contributed by atoms with Crippen LogP contribution in [0.15, 0.2) is 42.6 Å². The first-order valence-corrected chi connectivity index (χ1v) is 11.2. The lowest BCUT2D eigenvalue weighted by molar-refractivity contribution is -0.202. The van der Waals surface area contributed by atoms with Gasteiger partial charge in [-0.05, 0) is 36.3 Å².